The zero-order valence-electron chi connectivity index (χ0n) is 19.4. The zero-order valence-corrected chi connectivity index (χ0v) is 19.4. The molecule has 2 saturated heterocycles. The van der Waals surface area contributed by atoms with Crippen molar-refractivity contribution in [3.63, 3.8) is 0 Å². The highest BCUT2D eigenvalue weighted by atomic mass is 16.2. The van der Waals surface area contributed by atoms with Crippen molar-refractivity contribution in [1.82, 2.24) is 9.80 Å². The topological polar surface area (TPSA) is 40.6 Å². The van der Waals surface area contributed by atoms with Gasteiger partial charge in [-0.1, -0.05) is 54.6 Å². The molecule has 2 amide bonds. The SMILES string of the molecule is O=C(CC1Cc2ccccc2C1)N1CCC2(CC1)CCN(C(=O)[C@@H]1C[C@H]1c1ccccc1)C2. The first-order valence-corrected chi connectivity index (χ1v) is 12.8. The summed E-state index contributed by atoms with van der Waals surface area (Å²) in [6, 6.07) is 19.1. The highest BCUT2D eigenvalue weighted by Crippen LogP contribution is 2.50. The van der Waals surface area contributed by atoms with Crippen molar-refractivity contribution in [1.29, 1.82) is 0 Å². The lowest BCUT2D eigenvalue weighted by Crippen LogP contribution is -2.45. The summed E-state index contributed by atoms with van der Waals surface area (Å²) in [7, 11) is 0. The average molecular weight is 443 g/mol. The van der Waals surface area contributed by atoms with Gasteiger partial charge in [-0.15, -0.1) is 0 Å². The van der Waals surface area contributed by atoms with E-state index < -0.39 is 0 Å². The molecule has 2 aliphatic carbocycles. The summed E-state index contributed by atoms with van der Waals surface area (Å²) in [5, 5.41) is 0. The molecule has 4 heteroatoms. The summed E-state index contributed by atoms with van der Waals surface area (Å²) in [5.74, 6) is 1.75. The minimum Gasteiger partial charge on any atom is -0.343 e. The fourth-order valence-electron chi connectivity index (χ4n) is 6.70. The van der Waals surface area contributed by atoms with Crippen LogP contribution in [0.5, 0.6) is 0 Å². The number of fused-ring (bicyclic) bond motifs is 1. The van der Waals surface area contributed by atoms with E-state index in [2.05, 4.69) is 58.3 Å². The molecule has 172 valence electrons. The molecule has 2 aromatic rings. The maximum Gasteiger partial charge on any atom is 0.226 e. The van der Waals surface area contributed by atoms with Crippen LogP contribution in [-0.2, 0) is 22.4 Å². The van der Waals surface area contributed by atoms with Gasteiger partial charge < -0.3 is 9.80 Å². The van der Waals surface area contributed by atoms with Crippen LogP contribution in [-0.4, -0.2) is 47.8 Å². The van der Waals surface area contributed by atoms with Gasteiger partial charge in [0, 0.05) is 38.5 Å². The molecular formula is C29H34N2O2. The Morgan fingerprint density at radius 3 is 2.09 bits per heavy atom. The van der Waals surface area contributed by atoms with Crippen LogP contribution < -0.4 is 0 Å². The number of likely N-dealkylation sites (tertiary alicyclic amines) is 2. The Bertz CT molecular complexity index is 1020. The van der Waals surface area contributed by atoms with Crippen LogP contribution in [0, 0.1) is 17.3 Å². The Hall–Kier alpha value is -2.62. The first-order chi connectivity index (χ1) is 16.1. The lowest BCUT2D eigenvalue weighted by atomic mass is 9.77. The van der Waals surface area contributed by atoms with Gasteiger partial charge in [0.05, 0.1) is 0 Å². The lowest BCUT2D eigenvalue weighted by molar-refractivity contribution is -0.135. The molecule has 0 aromatic heterocycles. The van der Waals surface area contributed by atoms with Gasteiger partial charge in [0.1, 0.15) is 0 Å². The first-order valence-electron chi connectivity index (χ1n) is 12.8. The Balaban J connectivity index is 0.991. The van der Waals surface area contributed by atoms with Gasteiger partial charge in [-0.25, -0.2) is 0 Å². The number of hydrogen-bond acceptors (Lipinski definition) is 2. The van der Waals surface area contributed by atoms with Crippen molar-refractivity contribution in [2.24, 2.45) is 17.3 Å². The van der Waals surface area contributed by atoms with Crippen LogP contribution in [0.25, 0.3) is 0 Å². The molecule has 2 heterocycles. The van der Waals surface area contributed by atoms with Crippen LogP contribution in [0.1, 0.15) is 54.7 Å². The highest BCUT2D eigenvalue weighted by Gasteiger charge is 2.49. The van der Waals surface area contributed by atoms with Crippen molar-refractivity contribution >= 4 is 11.8 Å². The fraction of sp³-hybridized carbons (Fsp3) is 0.517. The Kier molecular flexibility index (Phi) is 5.27. The molecule has 6 rings (SSSR count). The molecule has 4 aliphatic rings. The summed E-state index contributed by atoms with van der Waals surface area (Å²) in [5.41, 5.74) is 4.39. The zero-order chi connectivity index (χ0) is 22.4. The Morgan fingerprint density at radius 1 is 0.818 bits per heavy atom. The molecule has 0 unspecified atom stereocenters. The lowest BCUT2D eigenvalue weighted by Gasteiger charge is -2.39. The molecule has 4 nitrogen and oxygen atoms in total. The second-order valence-corrected chi connectivity index (χ2v) is 11.0. The first kappa shape index (κ1) is 20.9. The van der Waals surface area contributed by atoms with E-state index in [4.69, 9.17) is 0 Å². The standard InChI is InChI=1S/C29H34N2O2/c32-27(18-21-16-23-8-4-5-9-24(23)17-21)30-13-10-29(11-14-30)12-15-31(20-29)28(33)26-19-25(26)22-6-2-1-3-7-22/h1-9,21,25-26H,10-20H2/t25-,26+/m0/s1. The number of benzene rings is 2. The van der Waals surface area contributed by atoms with E-state index >= 15 is 0 Å². The number of hydrogen-bond donors (Lipinski definition) is 0. The maximum absolute atomic E-state index is 13.1. The fourth-order valence-corrected chi connectivity index (χ4v) is 6.70. The van der Waals surface area contributed by atoms with Crippen molar-refractivity contribution in [2.75, 3.05) is 26.2 Å². The average Bonchev–Trinajstić information content (AvgIpc) is 3.39. The third-order valence-corrected chi connectivity index (χ3v) is 8.86. The molecule has 1 spiro atoms. The summed E-state index contributed by atoms with van der Waals surface area (Å²) in [6.07, 6.45) is 6.94. The number of carbonyl (C=O) groups is 2. The molecule has 2 atom stereocenters. The van der Waals surface area contributed by atoms with Gasteiger partial charge in [0.15, 0.2) is 0 Å². The Morgan fingerprint density at radius 2 is 1.42 bits per heavy atom. The Labute approximate surface area is 197 Å². The summed E-state index contributed by atoms with van der Waals surface area (Å²) < 4.78 is 0. The summed E-state index contributed by atoms with van der Waals surface area (Å²) >= 11 is 0. The maximum atomic E-state index is 13.1. The third-order valence-electron chi connectivity index (χ3n) is 8.86. The van der Waals surface area contributed by atoms with E-state index in [0.717, 1.165) is 64.7 Å². The monoisotopic (exact) mass is 442 g/mol. The molecule has 0 N–H and O–H groups in total. The molecule has 2 aliphatic heterocycles. The molecule has 0 bridgehead atoms. The van der Waals surface area contributed by atoms with Crippen molar-refractivity contribution in [3.05, 3.63) is 71.3 Å². The minimum absolute atomic E-state index is 0.180. The molecule has 0 radical (unpaired) electrons. The largest absolute Gasteiger partial charge is 0.343 e. The van der Waals surface area contributed by atoms with Gasteiger partial charge in [-0.2, -0.15) is 0 Å². The van der Waals surface area contributed by atoms with E-state index in [1.807, 2.05) is 6.07 Å². The van der Waals surface area contributed by atoms with Crippen LogP contribution in [0.15, 0.2) is 54.6 Å². The highest BCUT2D eigenvalue weighted by molar-refractivity contribution is 5.83. The van der Waals surface area contributed by atoms with E-state index in [9.17, 15) is 9.59 Å². The quantitative estimate of drug-likeness (QED) is 0.703. The van der Waals surface area contributed by atoms with Crippen LogP contribution in [0.4, 0.5) is 0 Å². The van der Waals surface area contributed by atoms with E-state index in [-0.39, 0.29) is 11.3 Å². The smallest absolute Gasteiger partial charge is 0.226 e. The minimum atomic E-state index is 0.180. The van der Waals surface area contributed by atoms with E-state index in [1.54, 1.807) is 0 Å². The second kappa shape index (κ2) is 8.30. The number of nitrogens with zero attached hydrogens (tertiary/aromatic N) is 2. The molecular weight excluding hydrogens is 408 g/mol. The predicted octanol–water partition coefficient (Wildman–Crippen LogP) is 4.44. The molecule has 1 saturated carbocycles. The van der Waals surface area contributed by atoms with Gasteiger partial charge in [-0.05, 0) is 72.5 Å². The summed E-state index contributed by atoms with van der Waals surface area (Å²) in [4.78, 5) is 30.4. The van der Waals surface area contributed by atoms with Crippen molar-refractivity contribution in [3.8, 4) is 0 Å². The van der Waals surface area contributed by atoms with Crippen molar-refractivity contribution < 1.29 is 9.59 Å². The molecule has 3 fully saturated rings. The number of amides is 2. The third kappa shape index (κ3) is 4.09. The number of carbonyl (C=O) groups excluding carboxylic acids is 2. The van der Waals surface area contributed by atoms with Crippen LogP contribution in [0.2, 0.25) is 0 Å². The number of piperidine rings is 1. The normalized spacial score (nSPS) is 25.9. The molecule has 33 heavy (non-hydrogen) atoms. The van der Waals surface area contributed by atoms with E-state index in [1.165, 1.54) is 16.7 Å². The second-order valence-electron chi connectivity index (χ2n) is 11.0. The van der Waals surface area contributed by atoms with E-state index in [0.29, 0.717) is 30.1 Å². The summed E-state index contributed by atoms with van der Waals surface area (Å²) in [6.45, 7) is 3.50. The predicted molar refractivity (Wildman–Crippen MR) is 129 cm³/mol. The van der Waals surface area contributed by atoms with Gasteiger partial charge >= 0.3 is 0 Å². The molecule has 2 aromatic carbocycles. The number of rotatable bonds is 4. The van der Waals surface area contributed by atoms with Gasteiger partial charge in [0.25, 0.3) is 0 Å². The van der Waals surface area contributed by atoms with Crippen LogP contribution in [0.3, 0.4) is 0 Å². The van der Waals surface area contributed by atoms with Crippen molar-refractivity contribution in [2.45, 2.75) is 50.9 Å². The van der Waals surface area contributed by atoms with Crippen LogP contribution >= 0.6 is 0 Å². The van der Waals surface area contributed by atoms with Gasteiger partial charge in [0.2, 0.25) is 11.8 Å². The van der Waals surface area contributed by atoms with Gasteiger partial charge in [-0.3, -0.25) is 9.59 Å².